The summed E-state index contributed by atoms with van der Waals surface area (Å²) in [5.41, 5.74) is 11.7. The maximum absolute atomic E-state index is 14.6. The Labute approximate surface area is 199 Å². The number of nitrogens with zero attached hydrogens (tertiary/aromatic N) is 4. The molecule has 2 aromatic rings. The first-order valence-electron chi connectivity index (χ1n) is 11.3. The number of pyridine rings is 1. The first-order valence-corrected chi connectivity index (χ1v) is 11.3. The van der Waals surface area contributed by atoms with Gasteiger partial charge in [-0.3, -0.25) is 14.9 Å². The summed E-state index contributed by atoms with van der Waals surface area (Å²) in [5, 5.41) is 3.75. The average Bonchev–Trinajstić information content (AvgIpc) is 3.42. The minimum absolute atomic E-state index is 0.00781. The lowest BCUT2D eigenvalue weighted by molar-refractivity contribution is -0.185. The average molecular weight is 491 g/mol. The van der Waals surface area contributed by atoms with Crippen LogP contribution in [0, 0.1) is 5.82 Å². The minimum atomic E-state index is -4.56. The molecule has 1 aromatic carbocycles. The highest BCUT2D eigenvalue weighted by molar-refractivity contribution is 5.57. The number of nitrogens with two attached hydrogens (primary N) is 1. The number of nitrogens with one attached hydrogen (secondary N) is 1. The van der Waals surface area contributed by atoms with Crippen molar-refractivity contribution in [1.29, 1.82) is 0 Å². The van der Waals surface area contributed by atoms with Crippen LogP contribution in [0.4, 0.5) is 17.6 Å². The van der Waals surface area contributed by atoms with Gasteiger partial charge in [-0.25, -0.2) is 4.39 Å². The molecule has 7 nitrogen and oxygen atoms in total. The van der Waals surface area contributed by atoms with Crippen LogP contribution in [0.1, 0.15) is 18.1 Å². The highest BCUT2D eigenvalue weighted by Gasteiger charge is 2.41. The lowest BCUT2D eigenvalue weighted by Crippen LogP contribution is -2.59. The first kappa shape index (κ1) is 23.4. The Bertz CT molecular complexity index is 1390. The fourth-order valence-electron chi connectivity index (χ4n) is 4.73. The predicted octanol–water partition coefficient (Wildman–Crippen LogP) is 1.03. The van der Waals surface area contributed by atoms with Gasteiger partial charge in [0.1, 0.15) is 11.6 Å². The summed E-state index contributed by atoms with van der Waals surface area (Å²) in [7, 11) is 1.83. The minimum Gasteiger partial charge on any atom is -0.493 e. The van der Waals surface area contributed by atoms with Crippen molar-refractivity contribution in [3.8, 4) is 5.75 Å². The van der Waals surface area contributed by atoms with Gasteiger partial charge in [-0.1, -0.05) is 0 Å². The maximum atomic E-state index is 14.6. The topological polar surface area (TPSA) is 71.0 Å². The number of aromatic nitrogens is 1. The van der Waals surface area contributed by atoms with Crippen molar-refractivity contribution in [2.24, 2.45) is 10.7 Å². The Morgan fingerprint density at radius 1 is 1.23 bits per heavy atom. The number of rotatable bonds is 3. The third-order valence-corrected chi connectivity index (χ3v) is 6.48. The third kappa shape index (κ3) is 4.30. The van der Waals surface area contributed by atoms with Crippen molar-refractivity contribution in [2.45, 2.75) is 38.9 Å². The molecule has 4 heterocycles. The number of fused-ring (bicyclic) bond motifs is 2. The molecule has 3 N–H and O–H groups in total. The van der Waals surface area contributed by atoms with E-state index in [0.29, 0.717) is 40.4 Å². The van der Waals surface area contributed by atoms with E-state index < -0.39 is 12.3 Å². The van der Waals surface area contributed by atoms with Crippen molar-refractivity contribution in [1.82, 2.24) is 19.9 Å². The number of hydrogen-bond acceptors (Lipinski definition) is 6. The molecule has 11 heteroatoms. The number of hydrazine groups is 1. The highest BCUT2D eigenvalue weighted by Crippen LogP contribution is 2.30. The summed E-state index contributed by atoms with van der Waals surface area (Å²) in [4.78, 5) is 5.83. The Morgan fingerprint density at radius 3 is 2.74 bits per heavy atom. The summed E-state index contributed by atoms with van der Waals surface area (Å²) in [6.07, 6.45) is -2.44. The number of ether oxygens (including phenoxy) is 1. The lowest BCUT2D eigenvalue weighted by Gasteiger charge is -2.33. The quantitative estimate of drug-likeness (QED) is 0.629. The zero-order chi connectivity index (χ0) is 24.9. The zero-order valence-electron chi connectivity index (χ0n) is 19.4. The van der Waals surface area contributed by atoms with Crippen LogP contribution in [0.25, 0.3) is 11.8 Å². The van der Waals surface area contributed by atoms with Crippen molar-refractivity contribution >= 4 is 11.8 Å². The van der Waals surface area contributed by atoms with E-state index in [1.807, 2.05) is 32.2 Å². The van der Waals surface area contributed by atoms with E-state index in [0.717, 1.165) is 21.9 Å². The highest BCUT2D eigenvalue weighted by atomic mass is 19.4. The van der Waals surface area contributed by atoms with Crippen LogP contribution in [0.15, 0.2) is 41.0 Å². The van der Waals surface area contributed by atoms with Gasteiger partial charge in [-0.2, -0.15) is 13.2 Å². The second-order valence-corrected chi connectivity index (χ2v) is 8.82. The monoisotopic (exact) mass is 490 g/mol. The first-order chi connectivity index (χ1) is 16.6. The van der Waals surface area contributed by atoms with E-state index in [4.69, 9.17) is 10.5 Å². The van der Waals surface area contributed by atoms with Crippen LogP contribution >= 0.6 is 0 Å². The van der Waals surface area contributed by atoms with Gasteiger partial charge in [-0.05, 0) is 43.3 Å². The molecule has 0 spiro atoms. The molecule has 3 aliphatic heterocycles. The van der Waals surface area contributed by atoms with Crippen LogP contribution in [0.5, 0.6) is 5.75 Å². The van der Waals surface area contributed by atoms with E-state index >= 15 is 0 Å². The zero-order valence-corrected chi connectivity index (χ0v) is 19.4. The van der Waals surface area contributed by atoms with Gasteiger partial charge in [0, 0.05) is 36.8 Å². The van der Waals surface area contributed by atoms with Gasteiger partial charge in [0.05, 0.1) is 41.6 Å². The molecule has 0 amide bonds. The number of benzene rings is 1. The summed E-state index contributed by atoms with van der Waals surface area (Å²) in [5.74, 6) is 0.319. The molecule has 1 unspecified atom stereocenters. The molecule has 0 bridgehead atoms. The summed E-state index contributed by atoms with van der Waals surface area (Å²) >= 11 is 0. The standard InChI is InChI=1S/C24H26F4N6O/c1-14-11-21(32(2)31-14)20-5-4-18(19-7-9-33(13-34(19)20)23(29)24(26,27)28)30-12-16-15-8-10-35-22(15)6-3-17(16)25/h3-7,11,23,31H,8-10,12-13,29H2,1-2H3/b21-20+,30-18?. The number of hydrogen-bond donors (Lipinski definition) is 2. The second kappa shape index (κ2) is 8.72. The summed E-state index contributed by atoms with van der Waals surface area (Å²) in [6.45, 7) is 2.44. The van der Waals surface area contributed by atoms with Gasteiger partial charge >= 0.3 is 6.18 Å². The van der Waals surface area contributed by atoms with Crippen LogP contribution in [0.2, 0.25) is 0 Å². The van der Waals surface area contributed by atoms with E-state index in [1.54, 1.807) is 21.7 Å². The molecule has 1 atom stereocenters. The summed E-state index contributed by atoms with van der Waals surface area (Å²) in [6, 6.07) is 6.63. The predicted molar refractivity (Wildman–Crippen MR) is 122 cm³/mol. The molecule has 0 saturated carbocycles. The Balaban J connectivity index is 1.64. The van der Waals surface area contributed by atoms with E-state index in [9.17, 15) is 17.6 Å². The lowest BCUT2D eigenvalue weighted by atomic mass is 10.0. The molecule has 35 heavy (non-hydrogen) atoms. The van der Waals surface area contributed by atoms with Crippen LogP contribution in [-0.2, 0) is 19.6 Å². The number of likely N-dealkylation sites (N-methyl/N-ethyl adjacent to an activating group) is 1. The number of halogens is 4. The van der Waals surface area contributed by atoms with Crippen molar-refractivity contribution in [3.05, 3.63) is 69.0 Å². The van der Waals surface area contributed by atoms with Crippen molar-refractivity contribution in [2.75, 3.05) is 20.2 Å². The largest absolute Gasteiger partial charge is 0.493 e. The van der Waals surface area contributed by atoms with Gasteiger partial charge in [0.2, 0.25) is 0 Å². The van der Waals surface area contributed by atoms with Crippen LogP contribution in [0.3, 0.4) is 0 Å². The molecule has 0 aliphatic carbocycles. The van der Waals surface area contributed by atoms with Crippen molar-refractivity contribution < 1.29 is 22.3 Å². The second-order valence-electron chi connectivity index (χ2n) is 8.82. The summed E-state index contributed by atoms with van der Waals surface area (Å²) < 4.78 is 62.0. The van der Waals surface area contributed by atoms with Gasteiger partial charge in [-0.15, -0.1) is 0 Å². The fourth-order valence-corrected chi connectivity index (χ4v) is 4.73. The third-order valence-electron chi connectivity index (χ3n) is 6.48. The molecule has 0 fully saturated rings. The van der Waals surface area contributed by atoms with Crippen molar-refractivity contribution in [3.63, 3.8) is 0 Å². The molecular weight excluding hydrogens is 464 g/mol. The van der Waals surface area contributed by atoms with E-state index in [1.165, 1.54) is 6.07 Å². The van der Waals surface area contributed by atoms with E-state index in [-0.39, 0.29) is 25.6 Å². The van der Waals surface area contributed by atoms with Crippen LogP contribution < -0.4 is 32.0 Å². The van der Waals surface area contributed by atoms with Gasteiger partial charge in [0.25, 0.3) is 0 Å². The van der Waals surface area contributed by atoms with Crippen LogP contribution in [-0.4, -0.2) is 47.0 Å². The molecule has 5 rings (SSSR count). The molecule has 3 aliphatic rings. The molecule has 186 valence electrons. The Kier molecular flexibility index (Phi) is 5.84. The number of allylic oxidation sites excluding steroid dienone is 1. The van der Waals surface area contributed by atoms with Gasteiger partial charge in [0.15, 0.2) is 6.17 Å². The maximum Gasteiger partial charge on any atom is 0.417 e. The van der Waals surface area contributed by atoms with Gasteiger partial charge < -0.3 is 20.5 Å². The molecule has 0 radical (unpaired) electrons. The fraction of sp³-hybridized carbons (Fsp3) is 0.375. The van der Waals surface area contributed by atoms with E-state index in [2.05, 4.69) is 10.4 Å². The molecule has 1 aromatic heterocycles. The Hall–Kier alpha value is -3.31. The Morgan fingerprint density at radius 2 is 2.03 bits per heavy atom. The number of alkyl halides is 3. The molecule has 0 saturated heterocycles. The normalized spacial score (nSPS) is 20.6. The SMILES string of the molecule is CC1=C/C(=c2/ccc(=NCc3c(F)ccc4c3CCO4)c3n2CN(C(N)C(F)(F)F)CC=3)N(C)N1. The smallest absolute Gasteiger partial charge is 0.417 e. The molecular formula is C24H26F4N6O.